The lowest BCUT2D eigenvalue weighted by atomic mass is 9.93. The molecule has 9 fully saturated rings. The number of rotatable bonds is 7. The maximum absolute atomic E-state index is 12.5. The first-order valence-electron chi connectivity index (χ1n) is 32.2. The summed E-state index contributed by atoms with van der Waals surface area (Å²) >= 11 is 17.0. The van der Waals surface area contributed by atoms with Gasteiger partial charge in [-0.15, -0.1) is 0 Å². The van der Waals surface area contributed by atoms with E-state index in [4.69, 9.17) is 65.2 Å². The highest BCUT2D eigenvalue weighted by Gasteiger charge is 2.48. The summed E-state index contributed by atoms with van der Waals surface area (Å²) in [6.45, 7) is 23.3. The van der Waals surface area contributed by atoms with Crippen LogP contribution >= 0.6 is 34.8 Å². The molecular formula is C62H98Cl3N13O10. The molecule has 0 saturated carbocycles. The Bertz CT molecular complexity index is 2540. The molecule has 88 heavy (non-hydrogen) atoms. The third kappa shape index (κ3) is 19.8. The molecule has 0 radical (unpaired) electrons. The van der Waals surface area contributed by atoms with Gasteiger partial charge in [-0.05, 0) is 200 Å². The van der Waals surface area contributed by atoms with Gasteiger partial charge in [0.05, 0.1) is 19.8 Å². The third-order valence-electron chi connectivity index (χ3n) is 18.3. The van der Waals surface area contributed by atoms with Gasteiger partial charge >= 0.3 is 24.4 Å². The van der Waals surface area contributed by atoms with E-state index >= 15 is 0 Å². The monoisotopic (exact) mass is 1290 g/mol. The summed E-state index contributed by atoms with van der Waals surface area (Å²) in [4.78, 5) is 102. The molecule has 9 aliphatic rings. The van der Waals surface area contributed by atoms with E-state index in [2.05, 4.69) is 29.7 Å². The first-order chi connectivity index (χ1) is 41.8. The van der Waals surface area contributed by atoms with Crippen LogP contribution in [0.5, 0.6) is 0 Å². The summed E-state index contributed by atoms with van der Waals surface area (Å²) < 4.78 is 20.7. The van der Waals surface area contributed by atoms with Gasteiger partial charge in [-0.3, -0.25) is 14.5 Å². The molecule has 0 spiro atoms. The maximum Gasteiger partial charge on any atom is 0.410 e. The largest absolute Gasteiger partial charge is 0.450 e. The number of hydrogen-bond acceptors (Lipinski definition) is 18. The lowest BCUT2D eigenvalue weighted by molar-refractivity contribution is -0.123. The molecule has 26 heteroatoms. The molecule has 4 N–H and O–H groups in total. The van der Waals surface area contributed by atoms with Crippen LogP contribution in [0.25, 0.3) is 0 Å². The van der Waals surface area contributed by atoms with E-state index in [0.29, 0.717) is 85.9 Å². The Morgan fingerprint density at radius 2 is 0.909 bits per heavy atom. The SMILES string of the molecule is CC(C)(C)OC(=O)N1CCC(N)CC1.CCOC(=O)N1C2CCC1CC(=O)C2.CCOC(=O)N1C2CCC1CC(N1CCC(N(C(C)=O)c3cc(C)nc(Cl)n3)CC1)C2.CCOC(=O)N1C2CCC1CC(N1CCC(N)CC1)C2.Cc1cc(Cl)nc(Cl)n1. The van der Waals surface area contributed by atoms with Crippen LogP contribution in [0.3, 0.4) is 0 Å². The molecular weight excluding hydrogens is 1190 g/mol. The lowest BCUT2D eigenvalue weighted by Gasteiger charge is -2.46. The molecule has 9 saturated heterocycles. The van der Waals surface area contributed by atoms with Gasteiger partial charge in [0.15, 0.2) is 0 Å². The van der Waals surface area contributed by atoms with Crippen molar-refractivity contribution < 1.29 is 47.7 Å². The Kier molecular flexibility index (Phi) is 26.4. The van der Waals surface area contributed by atoms with E-state index in [9.17, 15) is 28.8 Å². The standard InChI is InChI=1S/C22H32ClN5O3.C15H27N3O2.C10H20N2O2.C10H15NO3.C5H4Cl2N2/c1-4-31-22(30)28-17-5-6-18(28)13-19(12-17)26-9-7-16(8-10-26)27(15(3)29)20-11-14(2)24-21(23)25-20;1-2-20-15(19)18-12-3-4-13(18)10-14(9-12)17-7-5-11(16)6-8-17;1-10(2,3)14-9(13)12-6-4-8(11)5-7-12;1-2-14-10(13)11-7-3-4-8(11)6-9(12)5-7;1-3-2-4(6)9-5(7)8-3/h11,16-19H,4-10,12-13H2,1-3H3;11-14H,2-10,16H2,1H3;8H,4-7,11H2,1-3H3;7-8H,2-6H2,1H3;2H,1H3. The van der Waals surface area contributed by atoms with Crippen LogP contribution in [-0.4, -0.2) is 217 Å². The molecule has 0 aliphatic carbocycles. The molecule has 2 aromatic rings. The first-order valence-corrected chi connectivity index (χ1v) is 33.3. The van der Waals surface area contributed by atoms with Crippen LogP contribution in [-0.2, 0) is 28.5 Å². The fraction of sp³-hybridized carbons (Fsp3) is 0.774. The number of anilines is 1. The molecule has 9 aliphatic heterocycles. The molecule has 6 unspecified atom stereocenters. The lowest BCUT2D eigenvalue weighted by Crippen LogP contribution is -2.55. The highest BCUT2D eigenvalue weighted by atomic mass is 35.5. The van der Waals surface area contributed by atoms with Gasteiger partial charge < -0.3 is 59.8 Å². The number of halogens is 3. The quantitative estimate of drug-likeness (QED) is 0.148. The molecule has 2 aromatic heterocycles. The molecule has 23 nitrogen and oxygen atoms in total. The number of Topliss-reactive ketones (excluding diaryl/α,β-unsaturated/α-hetero) is 1. The van der Waals surface area contributed by atoms with Gasteiger partial charge in [0.2, 0.25) is 16.5 Å². The van der Waals surface area contributed by atoms with Crippen molar-refractivity contribution in [3.63, 3.8) is 0 Å². The van der Waals surface area contributed by atoms with Crippen molar-refractivity contribution in [3.05, 3.63) is 39.2 Å². The van der Waals surface area contributed by atoms with E-state index in [1.807, 2.05) is 57.4 Å². The summed E-state index contributed by atoms with van der Waals surface area (Å²) in [5.74, 6) is 0.857. The number of ether oxygens (including phenoxy) is 4. The highest BCUT2D eigenvalue weighted by molar-refractivity contribution is 6.31. The number of aryl methyl sites for hydroxylation is 2. The molecule has 5 amide bonds. The smallest absolute Gasteiger partial charge is 0.410 e. The molecule has 6 bridgehead atoms. The van der Waals surface area contributed by atoms with Crippen LogP contribution in [0, 0.1) is 13.8 Å². The number of ketones is 1. The Balaban J connectivity index is 0.000000168. The average molecular weight is 1290 g/mol. The number of nitrogens with zero attached hydrogens (tertiary/aromatic N) is 11. The summed E-state index contributed by atoms with van der Waals surface area (Å²) in [5, 5.41) is 0.745. The normalized spacial score (nSPS) is 26.4. The molecule has 6 atom stereocenters. The number of nitrogens with two attached hydrogens (primary N) is 2. The van der Waals surface area contributed by atoms with Gasteiger partial charge in [0, 0.05) is 130 Å². The zero-order chi connectivity index (χ0) is 64.0. The third-order valence-corrected chi connectivity index (χ3v) is 18.8. The van der Waals surface area contributed by atoms with Gasteiger partial charge in [-0.25, -0.2) is 39.1 Å². The molecule has 11 rings (SSSR count). The van der Waals surface area contributed by atoms with Gasteiger partial charge in [0.25, 0.3) is 0 Å². The van der Waals surface area contributed by atoms with Crippen molar-refractivity contribution in [2.24, 2.45) is 11.5 Å². The second-order valence-electron chi connectivity index (χ2n) is 25.7. The maximum atomic E-state index is 12.5. The van der Waals surface area contributed by atoms with Crippen LogP contribution in [0.4, 0.5) is 25.0 Å². The minimum Gasteiger partial charge on any atom is -0.450 e. The number of fused-ring (bicyclic) bond motifs is 6. The van der Waals surface area contributed by atoms with Crippen molar-refractivity contribution in [2.75, 3.05) is 64.0 Å². The Labute approximate surface area is 535 Å². The zero-order valence-corrected chi connectivity index (χ0v) is 55.7. The Morgan fingerprint density at radius 3 is 1.28 bits per heavy atom. The number of hydrogen-bond donors (Lipinski definition) is 2. The Morgan fingerprint density at radius 1 is 0.534 bits per heavy atom. The minimum absolute atomic E-state index is 0.0200. The zero-order valence-electron chi connectivity index (χ0n) is 53.4. The van der Waals surface area contributed by atoms with Crippen LogP contribution < -0.4 is 16.4 Å². The number of amides is 5. The minimum atomic E-state index is -0.406. The van der Waals surface area contributed by atoms with Crippen LogP contribution in [0.2, 0.25) is 15.7 Å². The highest BCUT2D eigenvalue weighted by Crippen LogP contribution is 2.41. The molecule has 11 heterocycles. The van der Waals surface area contributed by atoms with Crippen LogP contribution in [0.15, 0.2) is 12.1 Å². The summed E-state index contributed by atoms with van der Waals surface area (Å²) in [6.07, 6.45) is 16.7. The fourth-order valence-corrected chi connectivity index (χ4v) is 15.0. The van der Waals surface area contributed by atoms with Crippen molar-refractivity contribution >= 4 is 76.7 Å². The van der Waals surface area contributed by atoms with Crippen molar-refractivity contribution in [1.82, 2.24) is 49.3 Å². The van der Waals surface area contributed by atoms with Gasteiger partial charge in [0.1, 0.15) is 22.4 Å². The van der Waals surface area contributed by atoms with Crippen molar-refractivity contribution in [3.8, 4) is 0 Å². The second kappa shape index (κ2) is 32.9. The number of carbonyl (C=O) groups is 6. The number of carbonyl (C=O) groups excluding carboxylic acids is 6. The number of piperidine rings is 6. The van der Waals surface area contributed by atoms with E-state index in [-0.39, 0.29) is 70.8 Å². The topological polar surface area (TPSA) is 266 Å². The predicted octanol–water partition coefficient (Wildman–Crippen LogP) is 9.74. The van der Waals surface area contributed by atoms with E-state index < -0.39 is 5.60 Å². The molecule has 492 valence electrons. The summed E-state index contributed by atoms with van der Waals surface area (Å²) in [5.41, 5.74) is 12.9. The molecule has 0 aromatic carbocycles. The van der Waals surface area contributed by atoms with Gasteiger partial charge in [-0.2, -0.15) is 0 Å². The Hall–Kier alpha value is -4.91. The van der Waals surface area contributed by atoms with Crippen molar-refractivity contribution in [1.29, 1.82) is 0 Å². The van der Waals surface area contributed by atoms with Gasteiger partial charge in [-0.1, -0.05) is 11.6 Å². The number of aromatic nitrogens is 4. The summed E-state index contributed by atoms with van der Waals surface area (Å²) in [6, 6.07) is 6.95. The van der Waals surface area contributed by atoms with Crippen molar-refractivity contribution in [2.45, 2.75) is 250 Å². The first kappa shape index (κ1) is 70.5. The van der Waals surface area contributed by atoms with E-state index in [1.165, 1.54) is 0 Å². The number of likely N-dealkylation sites (tertiary alicyclic amines) is 3. The summed E-state index contributed by atoms with van der Waals surface area (Å²) in [7, 11) is 0. The van der Waals surface area contributed by atoms with Crippen LogP contribution in [0.1, 0.15) is 175 Å². The van der Waals surface area contributed by atoms with E-state index in [1.54, 1.807) is 41.5 Å². The second-order valence-corrected chi connectivity index (χ2v) is 26.8. The fourth-order valence-electron chi connectivity index (χ4n) is 14.3. The van der Waals surface area contributed by atoms with E-state index in [0.717, 1.165) is 153 Å². The average Bonchev–Trinajstić information content (AvgIpc) is 1.94. The predicted molar refractivity (Wildman–Crippen MR) is 337 cm³/mol.